The number of aromatic nitrogens is 2. The molecule has 0 atom stereocenters. The van der Waals surface area contributed by atoms with Crippen LogP contribution in [0.25, 0.3) is 0 Å². The number of nitrogens with one attached hydrogen (secondary N) is 1. The third-order valence-electron chi connectivity index (χ3n) is 4.26. The summed E-state index contributed by atoms with van der Waals surface area (Å²) < 4.78 is 2.66. The Morgan fingerprint density at radius 2 is 2.12 bits per heavy atom. The van der Waals surface area contributed by atoms with Crippen molar-refractivity contribution in [2.45, 2.75) is 26.1 Å². The van der Waals surface area contributed by atoms with Gasteiger partial charge in [0.1, 0.15) is 0 Å². The molecule has 1 N–H and O–H groups in total. The molecule has 1 saturated heterocycles. The third-order valence-corrected chi connectivity index (χ3v) is 5.52. The highest BCUT2D eigenvalue weighted by atomic mass is 32.1. The first-order valence-electron chi connectivity index (χ1n) is 8.61. The smallest absolute Gasteiger partial charge is 0.204 e. The Morgan fingerprint density at radius 1 is 1.36 bits per heavy atom. The van der Waals surface area contributed by atoms with Crippen molar-refractivity contribution in [2.24, 2.45) is 0 Å². The van der Waals surface area contributed by atoms with E-state index in [0.717, 1.165) is 28.7 Å². The number of anilines is 2. The molecule has 1 aromatic carbocycles. The molecule has 0 saturated carbocycles. The van der Waals surface area contributed by atoms with Crippen molar-refractivity contribution >= 4 is 34.4 Å². The fourth-order valence-corrected chi connectivity index (χ4v) is 4.11. The summed E-state index contributed by atoms with van der Waals surface area (Å²) in [5.74, 6) is 0. The molecule has 7 heteroatoms. The predicted octanol–water partition coefficient (Wildman–Crippen LogP) is 3.96. The molecule has 2 aromatic rings. The Morgan fingerprint density at radius 3 is 2.88 bits per heavy atom. The van der Waals surface area contributed by atoms with Gasteiger partial charge < -0.3 is 10.2 Å². The van der Waals surface area contributed by atoms with E-state index in [0.29, 0.717) is 13.2 Å². The summed E-state index contributed by atoms with van der Waals surface area (Å²) in [5.41, 5.74) is 2.72. The van der Waals surface area contributed by atoms with Crippen molar-refractivity contribution in [3.8, 4) is 0 Å². The number of hydrogen-bond donors (Lipinski definition) is 1. The molecule has 1 aliphatic rings. The maximum absolute atomic E-state index is 5.44. The van der Waals surface area contributed by atoms with Gasteiger partial charge in [-0.05, 0) is 43.7 Å². The molecule has 1 aliphatic heterocycles. The summed E-state index contributed by atoms with van der Waals surface area (Å²) in [6.45, 7) is 8.29. The van der Waals surface area contributed by atoms with Gasteiger partial charge in [-0.2, -0.15) is 0 Å². The van der Waals surface area contributed by atoms with E-state index < -0.39 is 0 Å². The average Bonchev–Trinajstić information content (AvgIpc) is 3.24. The van der Waals surface area contributed by atoms with Gasteiger partial charge in [0.15, 0.2) is 3.95 Å². The van der Waals surface area contributed by atoms with Crippen LogP contribution < -0.4 is 10.2 Å². The van der Waals surface area contributed by atoms with Crippen LogP contribution in [0, 0.1) is 3.95 Å². The quantitative estimate of drug-likeness (QED) is 0.558. The first-order chi connectivity index (χ1) is 12.2. The van der Waals surface area contributed by atoms with Crippen molar-refractivity contribution < 1.29 is 0 Å². The summed E-state index contributed by atoms with van der Waals surface area (Å²) in [7, 11) is 2.11. The molecule has 0 unspecified atom stereocenters. The lowest BCUT2D eigenvalue weighted by Gasteiger charge is -2.24. The summed E-state index contributed by atoms with van der Waals surface area (Å²) in [5, 5.41) is 8.59. The molecule has 1 aromatic heterocycles. The van der Waals surface area contributed by atoms with Crippen LogP contribution in [0.2, 0.25) is 0 Å². The normalized spacial score (nSPS) is 14.2. The molecular weight excluding hydrogens is 350 g/mol. The number of hydrogen-bond acceptors (Lipinski definition) is 6. The third kappa shape index (κ3) is 4.68. The average molecular weight is 376 g/mol. The molecule has 0 spiro atoms. The molecule has 0 amide bonds. The van der Waals surface area contributed by atoms with Crippen LogP contribution >= 0.6 is 23.6 Å². The van der Waals surface area contributed by atoms with E-state index in [2.05, 4.69) is 58.1 Å². The predicted molar refractivity (Wildman–Crippen MR) is 109 cm³/mol. The van der Waals surface area contributed by atoms with Gasteiger partial charge in [0, 0.05) is 31.9 Å². The van der Waals surface area contributed by atoms with Crippen LogP contribution in [0.1, 0.15) is 18.4 Å². The van der Waals surface area contributed by atoms with E-state index in [1.165, 1.54) is 35.4 Å². The zero-order valence-corrected chi connectivity index (χ0v) is 16.3. The van der Waals surface area contributed by atoms with E-state index >= 15 is 0 Å². The lowest BCUT2D eigenvalue weighted by atomic mass is 10.1. The van der Waals surface area contributed by atoms with Gasteiger partial charge >= 0.3 is 0 Å². The zero-order chi connectivity index (χ0) is 17.6. The van der Waals surface area contributed by atoms with E-state index in [-0.39, 0.29) is 0 Å². The molecule has 2 heterocycles. The maximum atomic E-state index is 5.44. The number of benzene rings is 1. The monoisotopic (exact) mass is 375 g/mol. The molecule has 3 rings (SSSR count). The van der Waals surface area contributed by atoms with Crippen molar-refractivity contribution in [1.82, 2.24) is 14.7 Å². The molecule has 5 nitrogen and oxygen atoms in total. The Bertz CT molecular complexity index is 761. The van der Waals surface area contributed by atoms with E-state index in [4.69, 9.17) is 12.2 Å². The first-order valence-corrected chi connectivity index (χ1v) is 9.84. The van der Waals surface area contributed by atoms with Crippen molar-refractivity contribution in [3.05, 3.63) is 46.4 Å². The SMILES string of the molecule is C=CCNc1nn(CN(C)Cc2ccccc2N2CCCC2)c(=S)s1. The minimum absolute atomic E-state index is 0.680. The van der Waals surface area contributed by atoms with Gasteiger partial charge in [-0.15, -0.1) is 11.7 Å². The van der Waals surface area contributed by atoms with Gasteiger partial charge in [0.05, 0.1) is 6.67 Å². The molecule has 0 aliphatic carbocycles. The van der Waals surface area contributed by atoms with Crippen LogP contribution in [0.4, 0.5) is 10.8 Å². The number of nitrogens with zero attached hydrogens (tertiary/aromatic N) is 4. The summed E-state index contributed by atoms with van der Waals surface area (Å²) in [6, 6.07) is 8.71. The molecule has 0 radical (unpaired) electrons. The van der Waals surface area contributed by atoms with Crippen LogP contribution in [0.15, 0.2) is 36.9 Å². The molecule has 1 fully saturated rings. The molecular formula is C18H25N5S2. The Labute approximate surface area is 158 Å². The Hall–Kier alpha value is -1.70. The summed E-state index contributed by atoms with van der Waals surface area (Å²) in [4.78, 5) is 4.75. The van der Waals surface area contributed by atoms with E-state index in [1.54, 1.807) is 0 Å². The number of rotatable bonds is 8. The lowest BCUT2D eigenvalue weighted by molar-refractivity contribution is 0.246. The van der Waals surface area contributed by atoms with Gasteiger partial charge in [0.2, 0.25) is 5.13 Å². The van der Waals surface area contributed by atoms with E-state index in [1.807, 2.05) is 10.8 Å². The van der Waals surface area contributed by atoms with Crippen LogP contribution in [-0.2, 0) is 13.2 Å². The van der Waals surface area contributed by atoms with Crippen LogP contribution in [-0.4, -0.2) is 41.4 Å². The maximum Gasteiger partial charge on any atom is 0.204 e. The van der Waals surface area contributed by atoms with Crippen LogP contribution in [0.3, 0.4) is 0 Å². The lowest BCUT2D eigenvalue weighted by Crippen LogP contribution is -2.25. The van der Waals surface area contributed by atoms with Gasteiger partial charge in [-0.3, -0.25) is 4.90 Å². The zero-order valence-electron chi connectivity index (χ0n) is 14.6. The van der Waals surface area contributed by atoms with Crippen molar-refractivity contribution in [3.63, 3.8) is 0 Å². The number of para-hydroxylation sites is 1. The summed E-state index contributed by atoms with van der Waals surface area (Å²) >= 11 is 6.94. The molecule has 25 heavy (non-hydrogen) atoms. The van der Waals surface area contributed by atoms with Crippen LogP contribution in [0.5, 0.6) is 0 Å². The fraction of sp³-hybridized carbons (Fsp3) is 0.444. The van der Waals surface area contributed by atoms with Crippen molar-refractivity contribution in [1.29, 1.82) is 0 Å². The van der Waals surface area contributed by atoms with E-state index in [9.17, 15) is 0 Å². The molecule has 134 valence electrons. The van der Waals surface area contributed by atoms with Gasteiger partial charge in [0.25, 0.3) is 0 Å². The highest BCUT2D eigenvalue weighted by Gasteiger charge is 2.16. The van der Waals surface area contributed by atoms with Gasteiger partial charge in [-0.25, -0.2) is 4.68 Å². The minimum Gasteiger partial charge on any atom is -0.371 e. The second kappa shape index (κ2) is 8.60. The highest BCUT2D eigenvalue weighted by Crippen LogP contribution is 2.25. The second-order valence-electron chi connectivity index (χ2n) is 6.32. The topological polar surface area (TPSA) is 36.3 Å². The standard InChI is InChI=1S/C18H25N5S2/c1-3-10-19-17-20-23(18(24)25-17)14-21(2)13-15-8-4-5-9-16(15)22-11-6-7-12-22/h3-5,8-9H,1,6-7,10-14H2,2H3,(H,19,20). The minimum atomic E-state index is 0.680. The van der Waals surface area contributed by atoms with Crippen molar-refractivity contribution in [2.75, 3.05) is 36.9 Å². The molecule has 0 bridgehead atoms. The second-order valence-corrected chi connectivity index (χ2v) is 7.94. The fourth-order valence-electron chi connectivity index (χ4n) is 3.11. The Balaban J connectivity index is 1.67. The van der Waals surface area contributed by atoms with Gasteiger partial charge in [-0.1, -0.05) is 35.6 Å². The highest BCUT2D eigenvalue weighted by molar-refractivity contribution is 7.73. The summed E-state index contributed by atoms with van der Waals surface area (Å²) in [6.07, 6.45) is 4.40. The first kappa shape index (κ1) is 18.1. The largest absolute Gasteiger partial charge is 0.371 e. The Kier molecular flexibility index (Phi) is 6.23.